The molecule has 0 amide bonds. The lowest BCUT2D eigenvalue weighted by molar-refractivity contribution is 0.212. The van der Waals surface area contributed by atoms with E-state index in [1.807, 2.05) is 6.92 Å². The van der Waals surface area contributed by atoms with Crippen LogP contribution in [0.15, 0.2) is 51.8 Å². The molecule has 0 aromatic heterocycles. The topological polar surface area (TPSA) is 21.6 Å². The highest BCUT2D eigenvalue weighted by Crippen LogP contribution is 2.14. The Morgan fingerprint density at radius 1 is 0.615 bits per heavy atom. The van der Waals surface area contributed by atoms with Gasteiger partial charge in [0, 0.05) is 0 Å². The molecule has 2 heteroatoms. The van der Waals surface area contributed by atoms with Crippen LogP contribution >= 0.6 is 0 Å². The van der Waals surface area contributed by atoms with Crippen LogP contribution in [-0.4, -0.2) is 12.8 Å². The summed E-state index contributed by atoms with van der Waals surface area (Å²) in [5.41, 5.74) is 6.96. The second-order valence-corrected chi connectivity index (χ2v) is 7.60. The third kappa shape index (κ3) is 15.9. The van der Waals surface area contributed by atoms with Crippen LogP contribution in [-0.2, 0) is 4.84 Å². The Morgan fingerprint density at radius 3 is 1.38 bits per heavy atom. The van der Waals surface area contributed by atoms with Crippen LogP contribution in [0.2, 0.25) is 0 Å². The van der Waals surface area contributed by atoms with E-state index < -0.39 is 0 Å². The molecule has 0 radical (unpaired) electrons. The molecular formula is C24H41NO. The molecule has 0 aromatic carbocycles. The van der Waals surface area contributed by atoms with E-state index in [1.165, 1.54) is 41.6 Å². The van der Waals surface area contributed by atoms with Crippen LogP contribution in [0, 0.1) is 0 Å². The molecule has 0 unspecified atom stereocenters. The molecule has 0 aliphatic heterocycles. The summed E-state index contributed by atoms with van der Waals surface area (Å²) in [6.07, 6.45) is 18.5. The van der Waals surface area contributed by atoms with Crippen LogP contribution in [0.3, 0.4) is 0 Å². The molecule has 0 atom stereocenters. The molecule has 0 bridgehead atoms. The molecule has 0 saturated carbocycles. The monoisotopic (exact) mass is 359 g/mol. The van der Waals surface area contributed by atoms with Gasteiger partial charge in [0.05, 0.1) is 5.71 Å². The Kier molecular flexibility index (Phi) is 14.7. The first kappa shape index (κ1) is 24.4. The Morgan fingerprint density at radius 2 is 1.00 bits per heavy atom. The van der Waals surface area contributed by atoms with E-state index in [1.54, 1.807) is 7.11 Å². The maximum Gasteiger partial charge on any atom is 0.106 e. The number of nitrogens with zero attached hydrogens (tertiary/aromatic N) is 1. The van der Waals surface area contributed by atoms with Crippen LogP contribution < -0.4 is 0 Å². The van der Waals surface area contributed by atoms with Crippen molar-refractivity contribution in [2.45, 2.75) is 92.9 Å². The molecule has 26 heavy (non-hydrogen) atoms. The SMILES string of the molecule is CO/N=C(/C)CC/C=C(\C)CC/C=C(\C)CC/C=C(\C)CCC=C(C)C. The fourth-order valence-electron chi connectivity index (χ4n) is 2.72. The summed E-state index contributed by atoms with van der Waals surface area (Å²) in [5.74, 6) is 0. The van der Waals surface area contributed by atoms with Gasteiger partial charge in [-0.2, -0.15) is 0 Å². The normalized spacial score (nSPS) is 13.8. The van der Waals surface area contributed by atoms with Crippen LogP contribution in [0.1, 0.15) is 92.9 Å². The van der Waals surface area contributed by atoms with Crippen molar-refractivity contribution < 1.29 is 4.84 Å². The number of allylic oxidation sites excluding steroid dienone is 8. The number of hydrogen-bond donors (Lipinski definition) is 0. The fourth-order valence-corrected chi connectivity index (χ4v) is 2.72. The van der Waals surface area contributed by atoms with Crippen molar-refractivity contribution in [3.63, 3.8) is 0 Å². The molecule has 0 aliphatic rings. The predicted molar refractivity (Wildman–Crippen MR) is 118 cm³/mol. The Labute approximate surface area is 162 Å². The third-order valence-corrected chi connectivity index (χ3v) is 4.40. The zero-order chi connectivity index (χ0) is 19.8. The first-order chi connectivity index (χ1) is 12.3. The molecule has 148 valence electrons. The molecule has 0 rings (SSSR count). The highest BCUT2D eigenvalue weighted by molar-refractivity contribution is 5.81. The first-order valence-electron chi connectivity index (χ1n) is 10.0. The maximum absolute atomic E-state index is 4.78. The van der Waals surface area contributed by atoms with Crippen LogP contribution in [0.4, 0.5) is 0 Å². The summed E-state index contributed by atoms with van der Waals surface area (Å²) in [5, 5.41) is 3.94. The van der Waals surface area contributed by atoms with Gasteiger partial charge in [-0.05, 0) is 92.9 Å². The first-order valence-corrected chi connectivity index (χ1v) is 10.0. The van der Waals surface area contributed by atoms with Crippen molar-refractivity contribution in [2.24, 2.45) is 5.16 Å². The molecule has 0 aromatic rings. The minimum atomic E-state index is 0.972. The molecule has 0 aliphatic carbocycles. The van der Waals surface area contributed by atoms with E-state index in [4.69, 9.17) is 4.84 Å². The van der Waals surface area contributed by atoms with E-state index in [-0.39, 0.29) is 0 Å². The Bertz CT molecular complexity index is 528. The van der Waals surface area contributed by atoms with E-state index in [0.29, 0.717) is 0 Å². The second kappa shape index (κ2) is 15.7. The fraction of sp³-hybridized carbons (Fsp3) is 0.625. The minimum Gasteiger partial charge on any atom is -0.399 e. The average Bonchev–Trinajstić information content (AvgIpc) is 2.54. The molecule has 0 fully saturated rings. The van der Waals surface area contributed by atoms with Gasteiger partial charge >= 0.3 is 0 Å². The van der Waals surface area contributed by atoms with Gasteiger partial charge in [0.2, 0.25) is 0 Å². The van der Waals surface area contributed by atoms with Gasteiger partial charge in [-0.25, -0.2) is 0 Å². The average molecular weight is 360 g/mol. The van der Waals surface area contributed by atoms with Gasteiger partial charge < -0.3 is 4.84 Å². The van der Waals surface area contributed by atoms with Gasteiger partial charge in [-0.15, -0.1) is 0 Å². The van der Waals surface area contributed by atoms with Gasteiger partial charge in [0.15, 0.2) is 0 Å². The second-order valence-electron chi connectivity index (χ2n) is 7.60. The maximum atomic E-state index is 4.78. The van der Waals surface area contributed by atoms with Crippen LogP contribution in [0.5, 0.6) is 0 Å². The van der Waals surface area contributed by atoms with E-state index in [2.05, 4.69) is 64.1 Å². The summed E-state index contributed by atoms with van der Waals surface area (Å²) in [6.45, 7) is 13.1. The minimum absolute atomic E-state index is 0.972. The molecular weight excluding hydrogens is 318 g/mol. The third-order valence-electron chi connectivity index (χ3n) is 4.40. The van der Waals surface area contributed by atoms with Crippen molar-refractivity contribution in [1.29, 1.82) is 0 Å². The van der Waals surface area contributed by atoms with Crippen molar-refractivity contribution in [3.8, 4) is 0 Å². The van der Waals surface area contributed by atoms with Gasteiger partial charge in [-0.3, -0.25) is 0 Å². The quantitative estimate of drug-likeness (QED) is 0.186. The summed E-state index contributed by atoms with van der Waals surface area (Å²) in [4.78, 5) is 4.78. The standard InChI is InChI=1S/C24H41NO/c1-20(2)12-8-13-21(3)14-9-15-22(4)16-10-17-23(5)18-11-19-24(6)25-26-7/h12,14,16,18H,8-11,13,15,17,19H2,1-7H3/b21-14+,22-16+,23-18+,25-24-. The molecule has 2 nitrogen and oxygen atoms in total. The van der Waals surface area contributed by atoms with E-state index in [9.17, 15) is 0 Å². The zero-order valence-corrected chi connectivity index (χ0v) is 18.3. The summed E-state index contributed by atoms with van der Waals surface area (Å²) in [7, 11) is 1.60. The summed E-state index contributed by atoms with van der Waals surface area (Å²) in [6, 6.07) is 0. The van der Waals surface area contributed by atoms with Crippen molar-refractivity contribution in [3.05, 3.63) is 46.6 Å². The highest BCUT2D eigenvalue weighted by Gasteiger charge is 1.95. The molecule has 0 saturated heterocycles. The molecule has 0 N–H and O–H groups in total. The van der Waals surface area contributed by atoms with Crippen molar-refractivity contribution in [2.75, 3.05) is 7.11 Å². The van der Waals surface area contributed by atoms with Crippen LogP contribution in [0.25, 0.3) is 0 Å². The lowest BCUT2D eigenvalue weighted by Crippen LogP contribution is -1.91. The summed E-state index contributed by atoms with van der Waals surface area (Å²) >= 11 is 0. The number of hydrogen-bond acceptors (Lipinski definition) is 2. The lowest BCUT2D eigenvalue weighted by Gasteiger charge is -2.03. The largest absolute Gasteiger partial charge is 0.399 e. The van der Waals surface area contributed by atoms with E-state index in [0.717, 1.165) is 37.8 Å². The Balaban J connectivity index is 4.03. The van der Waals surface area contributed by atoms with Gasteiger partial charge in [0.25, 0.3) is 0 Å². The van der Waals surface area contributed by atoms with E-state index >= 15 is 0 Å². The molecule has 0 spiro atoms. The van der Waals surface area contributed by atoms with Crippen molar-refractivity contribution in [1.82, 2.24) is 0 Å². The summed E-state index contributed by atoms with van der Waals surface area (Å²) < 4.78 is 0. The lowest BCUT2D eigenvalue weighted by atomic mass is 10.0. The number of oxime groups is 1. The van der Waals surface area contributed by atoms with Crippen molar-refractivity contribution >= 4 is 5.71 Å². The van der Waals surface area contributed by atoms with Gasteiger partial charge in [-0.1, -0.05) is 51.8 Å². The Hall–Kier alpha value is -1.57. The molecule has 0 heterocycles. The number of rotatable bonds is 13. The zero-order valence-electron chi connectivity index (χ0n) is 18.3. The smallest absolute Gasteiger partial charge is 0.106 e. The highest BCUT2D eigenvalue weighted by atomic mass is 16.6. The predicted octanol–water partition coefficient (Wildman–Crippen LogP) is 7.93. The van der Waals surface area contributed by atoms with Gasteiger partial charge in [0.1, 0.15) is 7.11 Å².